The first-order valence-corrected chi connectivity index (χ1v) is 18.0. The Morgan fingerprint density at radius 2 is 1.75 bits per heavy atom. The number of nitrogens with one attached hydrogen (secondary N) is 1. The summed E-state index contributed by atoms with van der Waals surface area (Å²) >= 11 is 2.77. The third kappa shape index (κ3) is 8.08. The molecule has 13 heteroatoms. The number of carbonyl (C=O) groups excluding carboxylic acids is 2. The molecule has 1 aliphatic heterocycles. The zero-order valence-corrected chi connectivity index (χ0v) is 30.2. The van der Waals surface area contributed by atoms with Crippen LogP contribution < -0.4 is 25.9 Å². The molecule has 1 fully saturated rings. The summed E-state index contributed by atoms with van der Waals surface area (Å²) in [6, 6.07) is 17.5. The van der Waals surface area contributed by atoms with E-state index < -0.39 is 11.8 Å². The molecule has 2 amide bonds. The topological polar surface area (TPSA) is 147 Å². The third-order valence-corrected chi connectivity index (χ3v) is 10.4. The molecule has 51 heavy (non-hydrogen) atoms. The van der Waals surface area contributed by atoms with Crippen molar-refractivity contribution < 1.29 is 18.9 Å². The molecule has 0 aliphatic carbocycles. The van der Waals surface area contributed by atoms with E-state index in [4.69, 9.17) is 15.5 Å². The van der Waals surface area contributed by atoms with Crippen molar-refractivity contribution in [3.63, 3.8) is 0 Å². The Hall–Kier alpha value is -5.60. The number of primary amides is 1. The van der Waals surface area contributed by atoms with Crippen LogP contribution in [-0.4, -0.2) is 52.5 Å². The van der Waals surface area contributed by atoms with Crippen LogP contribution in [0.25, 0.3) is 26.7 Å². The molecule has 258 valence electrons. The fraction of sp³-hybridized carbons (Fsp3) is 0.263. The SMILES string of the molecule is CC(C)Oc1cc(-c2sc(NC(=O)c3ccc(=O)n(C)c3)nc2-[n+]2cc(-c3ccc(C(N)=O)cc3)sc2C#CC2CCN(C)CC2)ccc1C#N. The molecule has 0 spiro atoms. The molecule has 0 bridgehead atoms. The average molecular weight is 719 g/mol. The Balaban J connectivity index is 1.50. The predicted octanol–water partition coefficient (Wildman–Crippen LogP) is 5.22. The summed E-state index contributed by atoms with van der Waals surface area (Å²) in [5.41, 5.74) is 7.99. The van der Waals surface area contributed by atoms with Gasteiger partial charge in [-0.25, -0.2) is 0 Å². The van der Waals surface area contributed by atoms with Crippen LogP contribution in [0.3, 0.4) is 0 Å². The van der Waals surface area contributed by atoms with E-state index in [1.807, 2.05) is 48.9 Å². The first-order valence-electron chi connectivity index (χ1n) is 16.3. The average Bonchev–Trinajstić information content (AvgIpc) is 3.73. The van der Waals surface area contributed by atoms with Crippen molar-refractivity contribution in [2.24, 2.45) is 18.7 Å². The van der Waals surface area contributed by atoms with E-state index in [0.717, 1.165) is 46.9 Å². The fourth-order valence-electron chi connectivity index (χ4n) is 5.57. The highest BCUT2D eigenvalue weighted by Crippen LogP contribution is 2.38. The van der Waals surface area contributed by atoms with Crippen LogP contribution in [-0.2, 0) is 7.05 Å². The van der Waals surface area contributed by atoms with Gasteiger partial charge in [0.25, 0.3) is 5.91 Å². The Kier molecular flexibility index (Phi) is 10.4. The van der Waals surface area contributed by atoms with Crippen molar-refractivity contribution in [3.05, 3.63) is 99.0 Å². The smallest absolute Gasteiger partial charge is 0.351 e. The van der Waals surface area contributed by atoms with Gasteiger partial charge in [0.05, 0.1) is 22.1 Å². The number of hydrogen-bond acceptors (Lipinski definition) is 9. The van der Waals surface area contributed by atoms with Crippen LogP contribution in [0.15, 0.2) is 71.8 Å². The minimum absolute atomic E-state index is 0.166. The lowest BCUT2D eigenvalue weighted by atomic mass is 9.98. The Bertz CT molecular complexity index is 2280. The zero-order chi connectivity index (χ0) is 36.2. The normalized spacial score (nSPS) is 13.3. The van der Waals surface area contributed by atoms with Crippen molar-refractivity contribution in [1.82, 2.24) is 14.5 Å². The fourth-order valence-corrected chi connectivity index (χ4v) is 7.49. The number of likely N-dealkylation sites (tertiary alicyclic amines) is 1. The highest BCUT2D eigenvalue weighted by Gasteiger charge is 2.30. The largest absolute Gasteiger partial charge is 0.490 e. The number of nitrogens with zero attached hydrogens (tertiary/aromatic N) is 5. The minimum Gasteiger partial charge on any atom is -0.490 e. The molecule has 2 aromatic carbocycles. The maximum atomic E-state index is 13.4. The number of ether oxygens (including phenoxy) is 1. The van der Waals surface area contributed by atoms with Crippen molar-refractivity contribution in [2.45, 2.75) is 32.8 Å². The van der Waals surface area contributed by atoms with Gasteiger partial charge in [-0.2, -0.15) is 9.83 Å². The van der Waals surface area contributed by atoms with Crippen LogP contribution in [0.1, 0.15) is 58.0 Å². The summed E-state index contributed by atoms with van der Waals surface area (Å²) in [7, 11) is 3.70. The first kappa shape index (κ1) is 35.2. The monoisotopic (exact) mass is 718 g/mol. The van der Waals surface area contributed by atoms with Gasteiger partial charge >= 0.3 is 10.9 Å². The molecular formula is C38H36N7O4S2+. The van der Waals surface area contributed by atoms with E-state index >= 15 is 0 Å². The highest BCUT2D eigenvalue weighted by molar-refractivity contribution is 7.19. The summed E-state index contributed by atoms with van der Waals surface area (Å²) in [5.74, 6) is 7.25. The third-order valence-electron chi connectivity index (χ3n) is 8.36. The van der Waals surface area contributed by atoms with Gasteiger partial charge in [0.15, 0.2) is 0 Å². The molecule has 3 aromatic heterocycles. The van der Waals surface area contributed by atoms with Gasteiger partial charge < -0.3 is 19.9 Å². The maximum absolute atomic E-state index is 13.4. The van der Waals surface area contributed by atoms with Gasteiger partial charge in [-0.05, 0) is 93.6 Å². The van der Waals surface area contributed by atoms with E-state index in [9.17, 15) is 19.6 Å². The van der Waals surface area contributed by atoms with Crippen LogP contribution in [0.2, 0.25) is 0 Å². The second kappa shape index (κ2) is 15.1. The molecular weight excluding hydrogens is 683 g/mol. The number of carbonyl (C=O) groups is 2. The van der Waals surface area contributed by atoms with Gasteiger partial charge in [-0.15, -0.1) is 0 Å². The van der Waals surface area contributed by atoms with E-state index in [-0.39, 0.29) is 17.6 Å². The van der Waals surface area contributed by atoms with Crippen LogP contribution in [0.5, 0.6) is 5.75 Å². The summed E-state index contributed by atoms with van der Waals surface area (Å²) in [6.45, 7) is 5.76. The van der Waals surface area contributed by atoms with Gasteiger partial charge in [0.2, 0.25) is 16.5 Å². The molecule has 3 N–H and O–H groups in total. The zero-order valence-electron chi connectivity index (χ0n) is 28.6. The van der Waals surface area contributed by atoms with E-state index in [2.05, 4.69) is 35.2 Å². The van der Waals surface area contributed by atoms with Crippen molar-refractivity contribution in [2.75, 3.05) is 25.5 Å². The molecule has 5 aromatic rings. The number of aryl methyl sites for hydroxylation is 1. The number of benzene rings is 2. The second-order valence-electron chi connectivity index (χ2n) is 12.5. The van der Waals surface area contributed by atoms with Crippen molar-refractivity contribution in [1.29, 1.82) is 5.26 Å². The number of rotatable bonds is 8. The summed E-state index contributed by atoms with van der Waals surface area (Å²) in [6.07, 6.45) is 5.21. The number of nitriles is 1. The van der Waals surface area contributed by atoms with Crippen LogP contribution in [0, 0.1) is 29.1 Å². The van der Waals surface area contributed by atoms with E-state index in [1.54, 1.807) is 25.2 Å². The maximum Gasteiger partial charge on any atom is 0.351 e. The molecule has 1 aliphatic rings. The molecule has 6 rings (SSSR count). The van der Waals surface area contributed by atoms with Crippen molar-refractivity contribution >= 4 is 39.6 Å². The number of piperidine rings is 1. The number of aromatic nitrogens is 3. The molecule has 1 saturated heterocycles. The standard InChI is InChI=1S/C38H35N7O4S2/c1-23(2)49-30-19-27(10-11-28(30)20-39)34-36(41-38(51-34)42-37(48)29-12-13-32(46)44(4)21-29)45-22-31(25-6-8-26(9-7-25)35(40)47)50-33(45)14-5-24-15-17-43(3)18-16-24/h6-13,19,21-24H,15-18H2,1-4H3,(H2-,40,41,42,47,48)/p+1. The summed E-state index contributed by atoms with van der Waals surface area (Å²) < 4.78 is 9.29. The molecule has 4 heterocycles. The van der Waals surface area contributed by atoms with Gasteiger partial charge in [-0.1, -0.05) is 46.8 Å². The second-order valence-corrected chi connectivity index (χ2v) is 14.6. The Morgan fingerprint density at radius 1 is 1.04 bits per heavy atom. The lowest BCUT2D eigenvalue weighted by Gasteiger charge is -2.25. The van der Waals surface area contributed by atoms with Gasteiger partial charge in [0.1, 0.15) is 22.9 Å². The Labute approximate surface area is 303 Å². The molecule has 0 radical (unpaired) electrons. The number of pyridine rings is 1. The van der Waals surface area contributed by atoms with E-state index in [1.165, 1.54) is 45.6 Å². The molecule has 0 atom stereocenters. The van der Waals surface area contributed by atoms with Crippen LogP contribution in [0.4, 0.5) is 5.13 Å². The predicted molar refractivity (Wildman–Crippen MR) is 198 cm³/mol. The minimum atomic E-state index is -0.505. The molecule has 0 unspecified atom stereocenters. The van der Waals surface area contributed by atoms with Gasteiger partial charge in [0, 0.05) is 36.4 Å². The number of thiazole rings is 2. The van der Waals surface area contributed by atoms with Crippen LogP contribution >= 0.6 is 22.7 Å². The van der Waals surface area contributed by atoms with Crippen molar-refractivity contribution in [3.8, 4) is 50.4 Å². The summed E-state index contributed by atoms with van der Waals surface area (Å²) in [4.78, 5) is 46.0. The number of hydrogen-bond donors (Lipinski definition) is 2. The highest BCUT2D eigenvalue weighted by atomic mass is 32.1. The van der Waals surface area contributed by atoms with E-state index in [0.29, 0.717) is 38.3 Å². The Morgan fingerprint density at radius 3 is 2.41 bits per heavy atom. The van der Waals surface area contributed by atoms with Gasteiger partial charge in [-0.3, -0.25) is 19.7 Å². The number of nitrogens with two attached hydrogens (primary N) is 1. The quantitative estimate of drug-likeness (QED) is 0.165. The summed E-state index contributed by atoms with van der Waals surface area (Å²) in [5, 5.41) is 13.8. The number of amides is 2. The number of anilines is 1. The lowest BCUT2D eigenvalue weighted by Crippen LogP contribution is -2.33. The lowest BCUT2D eigenvalue weighted by molar-refractivity contribution is -0.595. The molecule has 11 nitrogen and oxygen atoms in total. The molecule has 0 saturated carbocycles. The first-order chi connectivity index (χ1) is 24.5.